The van der Waals surface area contributed by atoms with Crippen molar-refractivity contribution in [2.24, 2.45) is 0 Å². The lowest BCUT2D eigenvalue weighted by molar-refractivity contribution is -0.226. The Morgan fingerprint density at radius 1 is 1.00 bits per heavy atom. The number of hydrogen-bond acceptors (Lipinski definition) is 1. The highest BCUT2D eigenvalue weighted by Crippen LogP contribution is 2.31. The number of aryl methyl sites for hydroxylation is 2. The van der Waals surface area contributed by atoms with Gasteiger partial charge in [-0.1, -0.05) is 55.1 Å². The fraction of sp³-hybridized carbons (Fsp3) is 0.300. The van der Waals surface area contributed by atoms with Gasteiger partial charge in [0.15, 0.2) is 6.10 Å². The standard InChI is InChI=1S/C20H19F3O/c1-2-14-3-5-15(6-4-14)7-8-16-9-10-17-12-19(20(21,22)23)24-13-18(17)11-16/h2-6,9-11,19H,1,7-8,12-13H2. The molecule has 1 nitrogen and oxygen atoms in total. The zero-order chi connectivity index (χ0) is 17.2. The van der Waals surface area contributed by atoms with Crippen LogP contribution in [0.4, 0.5) is 13.2 Å². The molecule has 0 radical (unpaired) electrons. The van der Waals surface area contributed by atoms with Gasteiger partial charge < -0.3 is 4.74 Å². The Bertz CT molecular complexity index is 717. The van der Waals surface area contributed by atoms with Crippen LogP contribution in [0.5, 0.6) is 0 Å². The second-order valence-corrected chi connectivity index (χ2v) is 6.09. The van der Waals surface area contributed by atoms with Crippen LogP contribution < -0.4 is 0 Å². The number of halogens is 3. The van der Waals surface area contributed by atoms with E-state index in [1.54, 1.807) is 0 Å². The lowest BCUT2D eigenvalue weighted by atomic mass is 9.94. The van der Waals surface area contributed by atoms with E-state index in [9.17, 15) is 13.2 Å². The highest BCUT2D eigenvalue weighted by Gasteiger charge is 2.42. The van der Waals surface area contributed by atoms with Gasteiger partial charge in [0.2, 0.25) is 0 Å². The van der Waals surface area contributed by atoms with Crippen molar-refractivity contribution in [2.75, 3.05) is 0 Å². The average Bonchev–Trinajstić information content (AvgIpc) is 2.59. The zero-order valence-electron chi connectivity index (χ0n) is 13.3. The van der Waals surface area contributed by atoms with Crippen LogP contribution in [0.1, 0.15) is 27.8 Å². The molecule has 0 saturated heterocycles. The number of hydrogen-bond donors (Lipinski definition) is 0. The molecule has 0 spiro atoms. The van der Waals surface area contributed by atoms with Crippen molar-refractivity contribution < 1.29 is 17.9 Å². The van der Waals surface area contributed by atoms with Gasteiger partial charge in [-0.15, -0.1) is 0 Å². The SMILES string of the molecule is C=Cc1ccc(CCc2ccc3c(c2)COC(C(F)(F)F)C3)cc1. The summed E-state index contributed by atoms with van der Waals surface area (Å²) in [4.78, 5) is 0. The summed E-state index contributed by atoms with van der Waals surface area (Å²) < 4.78 is 43.2. The summed E-state index contributed by atoms with van der Waals surface area (Å²) in [5.41, 5.74) is 5.05. The summed E-state index contributed by atoms with van der Waals surface area (Å²) in [5.74, 6) is 0. The van der Waals surface area contributed by atoms with Crippen molar-refractivity contribution in [3.63, 3.8) is 0 Å². The molecule has 0 aliphatic carbocycles. The van der Waals surface area contributed by atoms with E-state index in [1.807, 2.05) is 36.4 Å². The van der Waals surface area contributed by atoms with Crippen LogP contribution >= 0.6 is 0 Å². The molecule has 0 N–H and O–H groups in total. The predicted octanol–water partition coefficient (Wildman–Crippen LogP) is 5.12. The van der Waals surface area contributed by atoms with E-state index < -0.39 is 12.3 Å². The Balaban J connectivity index is 1.65. The first-order valence-corrected chi connectivity index (χ1v) is 7.96. The molecule has 1 unspecified atom stereocenters. The maximum Gasteiger partial charge on any atom is 0.414 e. The largest absolute Gasteiger partial charge is 0.414 e. The third-order valence-corrected chi connectivity index (χ3v) is 4.40. The molecular formula is C20H19F3O. The molecule has 1 aliphatic rings. The van der Waals surface area contributed by atoms with E-state index >= 15 is 0 Å². The third kappa shape index (κ3) is 3.88. The third-order valence-electron chi connectivity index (χ3n) is 4.40. The number of rotatable bonds is 4. The number of fused-ring (bicyclic) bond motifs is 1. The van der Waals surface area contributed by atoms with Crippen molar-refractivity contribution in [2.45, 2.75) is 38.1 Å². The summed E-state index contributed by atoms with van der Waals surface area (Å²) in [6.07, 6.45) is -2.53. The molecular weight excluding hydrogens is 313 g/mol. The normalized spacial score (nSPS) is 17.4. The second kappa shape index (κ2) is 6.81. The van der Waals surface area contributed by atoms with Crippen LogP contribution in [0.3, 0.4) is 0 Å². The summed E-state index contributed by atoms with van der Waals surface area (Å²) in [5, 5.41) is 0. The maximum atomic E-state index is 12.7. The van der Waals surface area contributed by atoms with Crippen molar-refractivity contribution in [3.05, 3.63) is 76.9 Å². The second-order valence-electron chi connectivity index (χ2n) is 6.09. The van der Waals surface area contributed by atoms with Gasteiger partial charge in [0, 0.05) is 6.42 Å². The van der Waals surface area contributed by atoms with Crippen LogP contribution in [0.2, 0.25) is 0 Å². The van der Waals surface area contributed by atoms with Crippen LogP contribution in [0.15, 0.2) is 49.0 Å². The van der Waals surface area contributed by atoms with E-state index in [1.165, 1.54) is 5.56 Å². The lowest BCUT2D eigenvalue weighted by Gasteiger charge is -2.27. The van der Waals surface area contributed by atoms with Gasteiger partial charge in [-0.25, -0.2) is 0 Å². The van der Waals surface area contributed by atoms with Gasteiger partial charge >= 0.3 is 6.18 Å². The lowest BCUT2D eigenvalue weighted by Crippen LogP contribution is -2.36. The topological polar surface area (TPSA) is 9.23 Å². The molecule has 1 atom stereocenters. The van der Waals surface area contributed by atoms with Gasteiger partial charge in [-0.3, -0.25) is 0 Å². The van der Waals surface area contributed by atoms with E-state index in [2.05, 4.69) is 18.7 Å². The first-order valence-electron chi connectivity index (χ1n) is 7.96. The maximum absolute atomic E-state index is 12.7. The van der Waals surface area contributed by atoms with Gasteiger partial charge in [0.1, 0.15) is 0 Å². The van der Waals surface area contributed by atoms with Crippen LogP contribution in [-0.2, 0) is 30.6 Å². The Hall–Kier alpha value is -2.07. The number of alkyl halides is 3. The molecule has 4 heteroatoms. The Morgan fingerprint density at radius 3 is 2.33 bits per heavy atom. The summed E-state index contributed by atoms with van der Waals surface area (Å²) >= 11 is 0. The van der Waals surface area contributed by atoms with Gasteiger partial charge in [-0.2, -0.15) is 13.2 Å². The molecule has 126 valence electrons. The minimum Gasteiger partial charge on any atom is -0.364 e. The molecule has 3 rings (SSSR count). The van der Waals surface area contributed by atoms with Crippen LogP contribution in [0.25, 0.3) is 6.08 Å². The van der Waals surface area contributed by atoms with E-state index in [-0.39, 0.29) is 13.0 Å². The van der Waals surface area contributed by atoms with Gasteiger partial charge in [-0.05, 0) is 40.7 Å². The molecule has 2 aromatic rings. The van der Waals surface area contributed by atoms with Crippen molar-refractivity contribution in [1.82, 2.24) is 0 Å². The first-order chi connectivity index (χ1) is 11.5. The molecule has 0 fully saturated rings. The fourth-order valence-corrected chi connectivity index (χ4v) is 2.94. The highest BCUT2D eigenvalue weighted by molar-refractivity contribution is 5.47. The van der Waals surface area contributed by atoms with Crippen LogP contribution in [-0.4, -0.2) is 12.3 Å². The monoisotopic (exact) mass is 332 g/mol. The van der Waals surface area contributed by atoms with E-state index in [4.69, 9.17) is 4.74 Å². The summed E-state index contributed by atoms with van der Waals surface area (Å²) in [7, 11) is 0. The molecule has 0 saturated carbocycles. The van der Waals surface area contributed by atoms with Crippen molar-refractivity contribution in [3.8, 4) is 0 Å². The Labute approximate surface area is 139 Å². The van der Waals surface area contributed by atoms with E-state index in [0.717, 1.165) is 35.1 Å². The molecule has 2 aromatic carbocycles. The summed E-state index contributed by atoms with van der Waals surface area (Å²) in [6, 6.07) is 13.9. The minimum absolute atomic E-state index is 0.0291. The highest BCUT2D eigenvalue weighted by atomic mass is 19.4. The van der Waals surface area contributed by atoms with Gasteiger partial charge in [0.25, 0.3) is 0 Å². The minimum atomic E-state index is -4.30. The molecule has 0 amide bonds. The molecule has 24 heavy (non-hydrogen) atoms. The zero-order valence-corrected chi connectivity index (χ0v) is 13.3. The van der Waals surface area contributed by atoms with E-state index in [0.29, 0.717) is 0 Å². The number of benzene rings is 2. The average molecular weight is 332 g/mol. The van der Waals surface area contributed by atoms with Gasteiger partial charge in [0.05, 0.1) is 6.61 Å². The molecule has 1 heterocycles. The molecule has 1 aliphatic heterocycles. The van der Waals surface area contributed by atoms with Crippen molar-refractivity contribution >= 4 is 6.08 Å². The van der Waals surface area contributed by atoms with Crippen molar-refractivity contribution in [1.29, 1.82) is 0 Å². The van der Waals surface area contributed by atoms with Crippen LogP contribution in [0, 0.1) is 0 Å². The summed E-state index contributed by atoms with van der Waals surface area (Å²) in [6.45, 7) is 3.76. The molecule has 0 aromatic heterocycles. The predicted molar refractivity (Wildman–Crippen MR) is 88.7 cm³/mol. The Kier molecular flexibility index (Phi) is 4.76. The fourth-order valence-electron chi connectivity index (χ4n) is 2.94. The Morgan fingerprint density at radius 2 is 1.67 bits per heavy atom. The first kappa shape index (κ1) is 16.8. The number of ether oxygens (including phenoxy) is 1. The smallest absolute Gasteiger partial charge is 0.364 e. The molecule has 0 bridgehead atoms. The quantitative estimate of drug-likeness (QED) is 0.755.